The van der Waals surface area contributed by atoms with Crippen molar-refractivity contribution in [2.24, 2.45) is 0 Å². The molecule has 4 aromatic rings. The number of pyridine rings is 1. The average Bonchev–Trinajstić information content (AvgIpc) is 3.44. The number of piperazine rings is 1. The Morgan fingerprint density at radius 1 is 1.00 bits per heavy atom. The maximum absolute atomic E-state index is 13.6. The summed E-state index contributed by atoms with van der Waals surface area (Å²) in [7, 11) is 1.61. The molecule has 9 nitrogen and oxygen atoms in total. The molecular weight excluding hydrogens is 485 g/mol. The summed E-state index contributed by atoms with van der Waals surface area (Å²) in [6.07, 6.45) is 5.62. The number of tetrazole rings is 1. The molecule has 1 atom stereocenters. The average molecular weight is 518 g/mol. The van der Waals surface area contributed by atoms with Gasteiger partial charge in [0.2, 0.25) is 0 Å². The molecule has 6 rings (SSSR count). The number of methoxy groups -OCH3 is 1. The summed E-state index contributed by atoms with van der Waals surface area (Å²) in [5.41, 5.74) is 2.19. The second kappa shape index (κ2) is 10.5. The van der Waals surface area contributed by atoms with Gasteiger partial charge in [-0.2, -0.15) is 0 Å². The molecule has 2 aliphatic rings. The number of halogens is 1. The molecule has 1 saturated heterocycles. The van der Waals surface area contributed by atoms with Gasteiger partial charge in [0.05, 0.1) is 18.7 Å². The van der Waals surface area contributed by atoms with Gasteiger partial charge in [-0.3, -0.25) is 9.69 Å². The predicted octanol–water partition coefficient (Wildman–Crippen LogP) is 4.08. The summed E-state index contributed by atoms with van der Waals surface area (Å²) in [6, 6.07) is 14.1. The van der Waals surface area contributed by atoms with Crippen LogP contribution in [0.1, 0.15) is 55.6 Å². The van der Waals surface area contributed by atoms with Crippen molar-refractivity contribution in [3.8, 4) is 5.75 Å². The largest absolute Gasteiger partial charge is 0.497 e. The smallest absolute Gasteiger partial charge is 0.253 e. The molecule has 3 heterocycles. The zero-order valence-electron chi connectivity index (χ0n) is 21.5. The van der Waals surface area contributed by atoms with Crippen molar-refractivity contribution in [1.82, 2.24) is 30.1 Å². The summed E-state index contributed by atoms with van der Waals surface area (Å²) in [4.78, 5) is 21.2. The van der Waals surface area contributed by atoms with Gasteiger partial charge in [-0.1, -0.05) is 19.3 Å². The van der Waals surface area contributed by atoms with Gasteiger partial charge in [0.25, 0.3) is 5.56 Å². The summed E-state index contributed by atoms with van der Waals surface area (Å²) in [6.45, 7) is 2.91. The summed E-state index contributed by atoms with van der Waals surface area (Å²) in [5, 5.41) is 13.9. The number of rotatable bonds is 6. The van der Waals surface area contributed by atoms with Gasteiger partial charge >= 0.3 is 0 Å². The van der Waals surface area contributed by atoms with Crippen molar-refractivity contribution < 1.29 is 9.13 Å². The highest BCUT2D eigenvalue weighted by Gasteiger charge is 2.34. The van der Waals surface area contributed by atoms with Crippen LogP contribution in [0.15, 0.2) is 53.3 Å². The predicted molar refractivity (Wildman–Crippen MR) is 143 cm³/mol. The molecule has 0 spiro atoms. The van der Waals surface area contributed by atoms with E-state index in [0.717, 1.165) is 55.4 Å². The van der Waals surface area contributed by atoms with Crippen LogP contribution >= 0.6 is 0 Å². The standard InChI is InChI=1S/C28H32FN7O2/c1-38-23-12-7-19-17-24(28(37)30-25(19)18-23)26(27-31-32-33-36(27)22-5-3-2-4-6-22)35-15-13-34(14-16-35)21-10-8-20(29)9-11-21/h7-12,17-18,22,26H,2-6,13-16H2,1H3,(H,30,37)/t26-/m0/s1. The number of nitrogens with zero attached hydrogens (tertiary/aromatic N) is 6. The highest BCUT2D eigenvalue weighted by molar-refractivity contribution is 5.80. The molecule has 0 amide bonds. The number of benzene rings is 2. The summed E-state index contributed by atoms with van der Waals surface area (Å²) < 4.78 is 20.8. The number of ether oxygens (including phenoxy) is 1. The van der Waals surface area contributed by atoms with E-state index in [1.807, 2.05) is 41.1 Å². The number of nitrogens with one attached hydrogen (secondary N) is 1. The first-order valence-electron chi connectivity index (χ1n) is 13.3. The lowest BCUT2D eigenvalue weighted by Gasteiger charge is -2.40. The molecule has 1 aliphatic carbocycles. The summed E-state index contributed by atoms with van der Waals surface area (Å²) in [5.74, 6) is 1.16. The lowest BCUT2D eigenvalue weighted by molar-refractivity contribution is 0.192. The van der Waals surface area contributed by atoms with Crippen molar-refractivity contribution in [3.63, 3.8) is 0 Å². The normalized spacial score (nSPS) is 18.1. The van der Waals surface area contributed by atoms with Crippen LogP contribution in [0.25, 0.3) is 10.9 Å². The van der Waals surface area contributed by atoms with Crippen LogP contribution in [0, 0.1) is 5.82 Å². The van der Waals surface area contributed by atoms with Gasteiger partial charge in [-0.25, -0.2) is 9.07 Å². The first-order chi connectivity index (χ1) is 18.6. The van der Waals surface area contributed by atoms with E-state index in [1.54, 1.807) is 7.11 Å². The van der Waals surface area contributed by atoms with E-state index in [0.29, 0.717) is 30.2 Å². The number of aromatic nitrogens is 5. The highest BCUT2D eigenvalue weighted by atomic mass is 19.1. The molecule has 1 saturated carbocycles. The second-order valence-electron chi connectivity index (χ2n) is 10.2. The molecule has 2 aromatic carbocycles. The van der Waals surface area contributed by atoms with Crippen molar-refractivity contribution in [1.29, 1.82) is 0 Å². The molecule has 2 fully saturated rings. The molecule has 198 valence electrons. The molecule has 0 radical (unpaired) electrons. The third kappa shape index (κ3) is 4.76. The Balaban J connectivity index is 1.38. The minimum Gasteiger partial charge on any atom is -0.497 e. The van der Waals surface area contributed by atoms with E-state index in [1.165, 1.54) is 18.6 Å². The minimum absolute atomic E-state index is 0.157. The highest BCUT2D eigenvalue weighted by Crippen LogP contribution is 2.34. The van der Waals surface area contributed by atoms with Crippen molar-refractivity contribution >= 4 is 16.6 Å². The molecule has 0 bridgehead atoms. The lowest BCUT2D eigenvalue weighted by Crippen LogP contribution is -2.49. The van der Waals surface area contributed by atoms with Crippen LogP contribution in [0.5, 0.6) is 5.75 Å². The van der Waals surface area contributed by atoms with Crippen molar-refractivity contribution in [2.75, 3.05) is 38.2 Å². The topological polar surface area (TPSA) is 92.2 Å². The van der Waals surface area contributed by atoms with Gasteiger partial charge in [0.1, 0.15) is 17.6 Å². The molecule has 1 aliphatic heterocycles. The van der Waals surface area contributed by atoms with Crippen molar-refractivity contribution in [2.45, 2.75) is 44.2 Å². The number of aromatic amines is 1. The number of anilines is 1. The van der Waals surface area contributed by atoms with E-state index in [9.17, 15) is 9.18 Å². The Morgan fingerprint density at radius 2 is 1.76 bits per heavy atom. The quantitative estimate of drug-likeness (QED) is 0.412. The molecule has 38 heavy (non-hydrogen) atoms. The zero-order valence-corrected chi connectivity index (χ0v) is 21.5. The maximum Gasteiger partial charge on any atom is 0.253 e. The molecule has 2 aromatic heterocycles. The molecular formula is C28H32FN7O2. The Labute approximate surface area is 220 Å². The number of hydrogen-bond donors (Lipinski definition) is 1. The number of fused-ring (bicyclic) bond motifs is 1. The van der Waals surface area contributed by atoms with E-state index in [4.69, 9.17) is 4.74 Å². The Hall–Kier alpha value is -3.79. The van der Waals surface area contributed by atoms with Gasteiger partial charge in [0.15, 0.2) is 5.82 Å². The fraction of sp³-hybridized carbons (Fsp3) is 0.429. The fourth-order valence-corrected chi connectivity index (χ4v) is 5.88. The van der Waals surface area contributed by atoms with Crippen LogP contribution in [0.2, 0.25) is 0 Å². The molecule has 10 heteroatoms. The van der Waals surface area contributed by atoms with Crippen LogP contribution < -0.4 is 15.2 Å². The van der Waals surface area contributed by atoms with Crippen LogP contribution in [-0.2, 0) is 0 Å². The first kappa shape index (κ1) is 24.5. The van der Waals surface area contributed by atoms with Gasteiger partial charge < -0.3 is 14.6 Å². The molecule has 1 N–H and O–H groups in total. The minimum atomic E-state index is -0.391. The maximum atomic E-state index is 13.6. The Kier molecular flexibility index (Phi) is 6.80. The second-order valence-corrected chi connectivity index (χ2v) is 10.2. The SMILES string of the molecule is COc1ccc2cc([C@@H](c3nnnn3C3CCCCC3)N3CCN(c4ccc(F)cc4)CC3)c(=O)[nH]c2c1. The van der Waals surface area contributed by atoms with Gasteiger partial charge in [-0.05, 0) is 71.1 Å². The third-order valence-electron chi connectivity index (χ3n) is 7.93. The van der Waals surface area contributed by atoms with E-state index in [2.05, 4.69) is 30.3 Å². The van der Waals surface area contributed by atoms with Crippen LogP contribution in [0.4, 0.5) is 10.1 Å². The van der Waals surface area contributed by atoms with Crippen molar-refractivity contribution in [3.05, 3.63) is 76.1 Å². The number of hydrogen-bond acceptors (Lipinski definition) is 7. The number of H-pyrrole nitrogens is 1. The fourth-order valence-electron chi connectivity index (χ4n) is 5.88. The van der Waals surface area contributed by atoms with E-state index < -0.39 is 6.04 Å². The Morgan fingerprint density at radius 3 is 2.50 bits per heavy atom. The first-order valence-corrected chi connectivity index (χ1v) is 13.3. The monoisotopic (exact) mass is 517 g/mol. The summed E-state index contributed by atoms with van der Waals surface area (Å²) >= 11 is 0. The lowest BCUT2D eigenvalue weighted by atomic mass is 9.95. The van der Waals surface area contributed by atoms with Crippen LogP contribution in [0.3, 0.4) is 0 Å². The zero-order chi connectivity index (χ0) is 26.1. The van der Waals surface area contributed by atoms with E-state index >= 15 is 0 Å². The van der Waals surface area contributed by atoms with Crippen LogP contribution in [-0.4, -0.2) is 63.4 Å². The van der Waals surface area contributed by atoms with E-state index in [-0.39, 0.29) is 17.4 Å². The molecule has 0 unspecified atom stereocenters. The Bertz CT molecular complexity index is 1450. The van der Waals surface area contributed by atoms with Gasteiger partial charge in [-0.15, -0.1) is 5.10 Å². The van der Waals surface area contributed by atoms with Gasteiger partial charge in [0, 0.05) is 43.5 Å². The third-order valence-corrected chi connectivity index (χ3v) is 7.93.